The Morgan fingerprint density at radius 3 is 2.25 bits per heavy atom. The van der Waals surface area contributed by atoms with Crippen molar-refractivity contribution in [1.29, 1.82) is 0 Å². The molecule has 1 aliphatic rings. The minimum atomic E-state index is -1.16. The summed E-state index contributed by atoms with van der Waals surface area (Å²) in [4.78, 5) is 0. The molecule has 1 fully saturated rings. The molecule has 1 nitrogen and oxygen atoms in total. The van der Waals surface area contributed by atoms with Crippen LogP contribution in [0.3, 0.4) is 0 Å². The lowest BCUT2D eigenvalue weighted by molar-refractivity contribution is 0.193. The zero-order valence-electron chi connectivity index (χ0n) is 10.3. The Morgan fingerprint density at radius 1 is 1.19 bits per heavy atom. The molecular weight excluding hydrogens is 201 g/mol. The van der Waals surface area contributed by atoms with Crippen molar-refractivity contribution in [2.24, 2.45) is 0 Å². The highest BCUT2D eigenvalue weighted by Crippen LogP contribution is 2.33. The van der Waals surface area contributed by atoms with Crippen LogP contribution < -0.4 is 5.32 Å². The fourth-order valence-corrected chi connectivity index (χ4v) is 2.18. The second-order valence-electron chi connectivity index (χ2n) is 5.72. The van der Waals surface area contributed by atoms with E-state index in [2.05, 4.69) is 38.2 Å². The van der Waals surface area contributed by atoms with Gasteiger partial charge >= 0.3 is 0 Å². The topological polar surface area (TPSA) is 12.0 Å². The number of hydrogen-bond acceptors (Lipinski definition) is 1. The molecule has 0 aliphatic carbocycles. The van der Waals surface area contributed by atoms with Gasteiger partial charge in [-0.1, -0.05) is 45.0 Å². The molecule has 1 aromatic rings. The molecule has 1 aliphatic heterocycles. The molecule has 1 atom stereocenters. The van der Waals surface area contributed by atoms with Crippen molar-refractivity contribution in [2.45, 2.75) is 38.3 Å². The van der Waals surface area contributed by atoms with Gasteiger partial charge in [-0.2, -0.15) is 0 Å². The first kappa shape index (κ1) is 11.6. The van der Waals surface area contributed by atoms with Crippen molar-refractivity contribution >= 4 is 0 Å². The quantitative estimate of drug-likeness (QED) is 0.768. The molecule has 1 N–H and O–H groups in total. The summed E-state index contributed by atoms with van der Waals surface area (Å²) in [5.74, 6) is 0. The number of halogens is 1. The second kappa shape index (κ2) is 3.85. The van der Waals surface area contributed by atoms with E-state index in [4.69, 9.17) is 0 Å². The van der Waals surface area contributed by atoms with Crippen LogP contribution in [0.1, 0.15) is 38.3 Å². The van der Waals surface area contributed by atoms with Crippen LogP contribution in [-0.2, 0) is 11.1 Å². The summed E-state index contributed by atoms with van der Waals surface area (Å²) >= 11 is 0. The summed E-state index contributed by atoms with van der Waals surface area (Å²) in [7, 11) is 0. The van der Waals surface area contributed by atoms with Crippen LogP contribution >= 0.6 is 0 Å². The molecule has 0 bridgehead atoms. The fraction of sp³-hybridized carbons (Fsp3) is 0.571. The molecule has 0 spiro atoms. The Kier molecular flexibility index (Phi) is 2.79. The van der Waals surface area contributed by atoms with Crippen molar-refractivity contribution in [2.75, 3.05) is 13.1 Å². The Hall–Kier alpha value is -0.890. The number of rotatable bonds is 1. The average molecular weight is 221 g/mol. The first-order chi connectivity index (χ1) is 7.42. The lowest BCUT2D eigenvalue weighted by atomic mass is 9.85. The smallest absolute Gasteiger partial charge is 0.149 e. The van der Waals surface area contributed by atoms with E-state index in [-0.39, 0.29) is 5.41 Å². The van der Waals surface area contributed by atoms with Gasteiger partial charge in [-0.15, -0.1) is 0 Å². The maximum Gasteiger partial charge on any atom is 0.149 e. The lowest BCUT2D eigenvalue weighted by Gasteiger charge is -2.22. The summed E-state index contributed by atoms with van der Waals surface area (Å²) in [5.41, 5.74) is 1.04. The Bertz CT molecular complexity index is 355. The largest absolute Gasteiger partial charge is 0.313 e. The van der Waals surface area contributed by atoms with Gasteiger partial charge in [0.15, 0.2) is 0 Å². The van der Waals surface area contributed by atoms with E-state index >= 15 is 0 Å². The molecular formula is C14H20FN. The van der Waals surface area contributed by atoms with E-state index in [0.29, 0.717) is 13.0 Å². The number of nitrogens with one attached hydrogen (secondary N) is 1. The van der Waals surface area contributed by atoms with E-state index in [1.165, 1.54) is 5.56 Å². The minimum absolute atomic E-state index is 0.135. The molecule has 1 heterocycles. The van der Waals surface area contributed by atoms with Gasteiger partial charge in [-0.25, -0.2) is 4.39 Å². The first-order valence-corrected chi connectivity index (χ1v) is 5.92. The van der Waals surface area contributed by atoms with E-state index in [1.54, 1.807) is 0 Å². The van der Waals surface area contributed by atoms with Crippen molar-refractivity contribution in [3.8, 4) is 0 Å². The van der Waals surface area contributed by atoms with Crippen molar-refractivity contribution in [3.05, 3.63) is 35.4 Å². The molecule has 1 unspecified atom stereocenters. The highest BCUT2D eigenvalue weighted by molar-refractivity contribution is 5.31. The molecule has 0 saturated carbocycles. The molecule has 1 saturated heterocycles. The molecule has 0 amide bonds. The molecule has 0 aromatic heterocycles. The molecule has 1 aromatic carbocycles. The van der Waals surface area contributed by atoms with Crippen molar-refractivity contribution in [3.63, 3.8) is 0 Å². The summed E-state index contributed by atoms with van der Waals surface area (Å²) in [6, 6.07) is 7.98. The van der Waals surface area contributed by atoms with Gasteiger partial charge < -0.3 is 5.32 Å². The van der Waals surface area contributed by atoms with Crippen LogP contribution in [0.15, 0.2) is 24.3 Å². The zero-order chi connectivity index (χ0) is 11.8. The summed E-state index contributed by atoms with van der Waals surface area (Å²) in [6.07, 6.45) is 0.585. The van der Waals surface area contributed by atoms with Gasteiger partial charge in [0.05, 0.1) is 0 Å². The highest BCUT2D eigenvalue weighted by atomic mass is 19.1. The first-order valence-electron chi connectivity index (χ1n) is 5.92. The number of hydrogen-bond donors (Lipinski definition) is 1. The number of benzene rings is 1. The second-order valence-corrected chi connectivity index (χ2v) is 5.72. The van der Waals surface area contributed by atoms with E-state index < -0.39 is 5.67 Å². The van der Waals surface area contributed by atoms with Gasteiger partial charge in [0, 0.05) is 6.54 Å². The van der Waals surface area contributed by atoms with Crippen LogP contribution in [0.4, 0.5) is 4.39 Å². The predicted octanol–water partition coefficient (Wildman–Crippen LogP) is 3.14. The maximum absolute atomic E-state index is 14.4. The Labute approximate surface area is 97.1 Å². The van der Waals surface area contributed by atoms with Gasteiger partial charge in [0.25, 0.3) is 0 Å². The van der Waals surface area contributed by atoms with Crippen LogP contribution in [0.25, 0.3) is 0 Å². The lowest BCUT2D eigenvalue weighted by Crippen LogP contribution is -2.23. The normalized spacial score (nSPS) is 26.0. The van der Waals surface area contributed by atoms with Gasteiger partial charge in [0.2, 0.25) is 0 Å². The monoisotopic (exact) mass is 221 g/mol. The molecule has 88 valence electrons. The van der Waals surface area contributed by atoms with Crippen molar-refractivity contribution in [1.82, 2.24) is 5.32 Å². The fourth-order valence-electron chi connectivity index (χ4n) is 2.18. The summed E-state index contributed by atoms with van der Waals surface area (Å²) in [6.45, 7) is 7.73. The van der Waals surface area contributed by atoms with Gasteiger partial charge in [-0.05, 0) is 29.5 Å². The third-order valence-corrected chi connectivity index (χ3v) is 3.37. The van der Waals surface area contributed by atoms with Crippen LogP contribution in [-0.4, -0.2) is 13.1 Å². The molecule has 2 rings (SSSR count). The minimum Gasteiger partial charge on any atom is -0.313 e. The van der Waals surface area contributed by atoms with Crippen LogP contribution in [0.2, 0.25) is 0 Å². The average Bonchev–Trinajstić information content (AvgIpc) is 2.66. The van der Waals surface area contributed by atoms with E-state index in [0.717, 1.165) is 12.1 Å². The Morgan fingerprint density at radius 2 is 1.81 bits per heavy atom. The van der Waals surface area contributed by atoms with Crippen molar-refractivity contribution < 1.29 is 4.39 Å². The third kappa shape index (κ3) is 2.12. The maximum atomic E-state index is 14.4. The van der Waals surface area contributed by atoms with Gasteiger partial charge in [0.1, 0.15) is 5.67 Å². The third-order valence-electron chi connectivity index (χ3n) is 3.37. The van der Waals surface area contributed by atoms with E-state index in [9.17, 15) is 4.39 Å². The SMILES string of the molecule is CC(C)(C)c1ccc(C2(F)CCNC2)cc1. The summed E-state index contributed by atoms with van der Waals surface area (Å²) in [5, 5.41) is 3.08. The number of alkyl halides is 1. The summed E-state index contributed by atoms with van der Waals surface area (Å²) < 4.78 is 14.4. The predicted molar refractivity (Wildman–Crippen MR) is 65.4 cm³/mol. The molecule has 2 heteroatoms. The van der Waals surface area contributed by atoms with Crippen LogP contribution in [0, 0.1) is 0 Å². The highest BCUT2D eigenvalue weighted by Gasteiger charge is 2.35. The molecule has 0 radical (unpaired) electrons. The van der Waals surface area contributed by atoms with E-state index in [1.807, 2.05) is 12.1 Å². The standard InChI is InChI=1S/C14H20FN/c1-13(2,3)11-4-6-12(7-5-11)14(15)8-9-16-10-14/h4-7,16H,8-10H2,1-3H3. The zero-order valence-corrected chi connectivity index (χ0v) is 10.3. The Balaban J connectivity index is 2.26. The molecule has 16 heavy (non-hydrogen) atoms. The van der Waals surface area contributed by atoms with Crippen LogP contribution in [0.5, 0.6) is 0 Å². The van der Waals surface area contributed by atoms with Gasteiger partial charge in [-0.3, -0.25) is 0 Å².